The summed E-state index contributed by atoms with van der Waals surface area (Å²) < 4.78 is 1.78. The summed E-state index contributed by atoms with van der Waals surface area (Å²) in [5, 5.41) is 8.10. The van der Waals surface area contributed by atoms with Gasteiger partial charge in [-0.25, -0.2) is 14.6 Å². The first-order valence-corrected chi connectivity index (χ1v) is 8.69. The summed E-state index contributed by atoms with van der Waals surface area (Å²) >= 11 is 1.40. The van der Waals surface area contributed by atoms with Gasteiger partial charge in [0.05, 0.1) is 11.4 Å². The molecule has 0 aliphatic rings. The summed E-state index contributed by atoms with van der Waals surface area (Å²) in [6, 6.07) is 3.85. The number of aromatic nitrogens is 4. The van der Waals surface area contributed by atoms with Crippen LogP contribution in [0.3, 0.4) is 0 Å². The van der Waals surface area contributed by atoms with Crippen molar-refractivity contribution in [2.45, 2.75) is 39.1 Å². The summed E-state index contributed by atoms with van der Waals surface area (Å²) in [4.78, 5) is 20.3. The normalized spacial score (nSPS) is 11.0. The van der Waals surface area contributed by atoms with Crippen molar-refractivity contribution in [1.82, 2.24) is 25.1 Å². The fourth-order valence-electron chi connectivity index (χ4n) is 2.08. The first-order chi connectivity index (χ1) is 11.0. The minimum Gasteiger partial charge on any atom is -0.355 e. The molecule has 0 aliphatic carbocycles. The van der Waals surface area contributed by atoms with E-state index in [0.717, 1.165) is 29.4 Å². The van der Waals surface area contributed by atoms with Crippen molar-refractivity contribution in [2.75, 3.05) is 12.3 Å². The summed E-state index contributed by atoms with van der Waals surface area (Å²) in [5.41, 5.74) is 1.96. The molecule has 0 fully saturated rings. The molecule has 2 heterocycles. The fourth-order valence-corrected chi connectivity index (χ4v) is 2.77. The van der Waals surface area contributed by atoms with Gasteiger partial charge in [0.2, 0.25) is 5.91 Å². The summed E-state index contributed by atoms with van der Waals surface area (Å²) in [5.74, 6) is 1.69. The van der Waals surface area contributed by atoms with E-state index in [2.05, 4.69) is 34.2 Å². The predicted molar refractivity (Wildman–Crippen MR) is 91.8 cm³/mol. The van der Waals surface area contributed by atoms with Gasteiger partial charge in [0.1, 0.15) is 11.4 Å². The number of nitrogens with zero attached hydrogens (tertiary/aromatic N) is 4. The van der Waals surface area contributed by atoms with Crippen LogP contribution in [0.2, 0.25) is 0 Å². The quantitative estimate of drug-likeness (QED) is 0.623. The molecule has 1 N–H and O–H groups in total. The third kappa shape index (κ3) is 5.35. The van der Waals surface area contributed by atoms with E-state index < -0.39 is 0 Å². The van der Waals surface area contributed by atoms with Gasteiger partial charge in [-0.3, -0.25) is 4.79 Å². The first kappa shape index (κ1) is 17.5. The molecule has 23 heavy (non-hydrogen) atoms. The Balaban J connectivity index is 1.93. The Morgan fingerprint density at radius 2 is 2.09 bits per heavy atom. The van der Waals surface area contributed by atoms with Gasteiger partial charge in [-0.05, 0) is 32.3 Å². The van der Waals surface area contributed by atoms with Crippen LogP contribution in [0.15, 0.2) is 23.5 Å². The monoisotopic (exact) mass is 333 g/mol. The van der Waals surface area contributed by atoms with Crippen LogP contribution < -0.4 is 5.32 Å². The van der Waals surface area contributed by atoms with Crippen LogP contribution in [0, 0.1) is 19.8 Å². The predicted octanol–water partition coefficient (Wildman–Crippen LogP) is 2.53. The van der Waals surface area contributed by atoms with Crippen molar-refractivity contribution in [3.63, 3.8) is 0 Å². The first-order valence-electron chi connectivity index (χ1n) is 7.71. The molecule has 0 spiro atoms. The van der Waals surface area contributed by atoms with Gasteiger partial charge in [-0.15, -0.1) is 0 Å². The second-order valence-corrected chi connectivity index (χ2v) is 6.87. The van der Waals surface area contributed by atoms with Gasteiger partial charge in [-0.2, -0.15) is 5.10 Å². The molecular formula is C16H23N5OS. The number of hydrogen-bond acceptors (Lipinski definition) is 5. The van der Waals surface area contributed by atoms with E-state index in [1.807, 2.05) is 26.0 Å². The highest BCUT2D eigenvalue weighted by Crippen LogP contribution is 2.17. The highest BCUT2D eigenvalue weighted by atomic mass is 32.2. The van der Waals surface area contributed by atoms with E-state index in [9.17, 15) is 4.79 Å². The largest absolute Gasteiger partial charge is 0.355 e. The Hall–Kier alpha value is -1.89. The van der Waals surface area contributed by atoms with Crippen molar-refractivity contribution in [1.29, 1.82) is 0 Å². The average Bonchev–Trinajstić information content (AvgIpc) is 2.84. The van der Waals surface area contributed by atoms with Crippen molar-refractivity contribution >= 4 is 17.7 Å². The number of rotatable bonds is 7. The third-order valence-electron chi connectivity index (χ3n) is 3.25. The minimum absolute atomic E-state index is 0.0296. The van der Waals surface area contributed by atoms with Crippen molar-refractivity contribution in [3.8, 4) is 5.82 Å². The molecule has 2 rings (SSSR count). The summed E-state index contributed by atoms with van der Waals surface area (Å²) in [6.45, 7) is 8.93. The van der Waals surface area contributed by atoms with Crippen LogP contribution >= 0.6 is 11.8 Å². The molecule has 2 aromatic rings. The molecule has 0 bridgehead atoms. The third-order valence-corrected chi connectivity index (χ3v) is 4.17. The molecule has 0 aromatic carbocycles. The van der Waals surface area contributed by atoms with Crippen molar-refractivity contribution in [2.24, 2.45) is 5.92 Å². The van der Waals surface area contributed by atoms with Gasteiger partial charge in [0.25, 0.3) is 0 Å². The number of nitrogens with one attached hydrogen (secondary N) is 1. The van der Waals surface area contributed by atoms with Gasteiger partial charge in [-0.1, -0.05) is 25.6 Å². The van der Waals surface area contributed by atoms with E-state index in [-0.39, 0.29) is 5.91 Å². The highest BCUT2D eigenvalue weighted by molar-refractivity contribution is 7.99. The van der Waals surface area contributed by atoms with Crippen LogP contribution in [-0.4, -0.2) is 38.0 Å². The Morgan fingerprint density at radius 3 is 2.74 bits per heavy atom. The maximum Gasteiger partial charge on any atom is 0.230 e. The lowest BCUT2D eigenvalue weighted by Crippen LogP contribution is -2.26. The van der Waals surface area contributed by atoms with Crippen LogP contribution in [-0.2, 0) is 4.79 Å². The zero-order valence-corrected chi connectivity index (χ0v) is 14.9. The SMILES string of the molecule is Cc1cc(C)n(-c2cc(SCC(=O)NCCC(C)C)ncn2)n1. The topological polar surface area (TPSA) is 72.7 Å². The Kier molecular flexibility index (Phi) is 6.15. The molecule has 0 atom stereocenters. The molecule has 0 radical (unpaired) electrons. The van der Waals surface area contributed by atoms with E-state index >= 15 is 0 Å². The van der Waals surface area contributed by atoms with Crippen LogP contribution in [0.1, 0.15) is 31.7 Å². The zero-order chi connectivity index (χ0) is 16.8. The van der Waals surface area contributed by atoms with Crippen molar-refractivity contribution in [3.05, 3.63) is 29.8 Å². The number of carbonyl (C=O) groups is 1. The standard InChI is InChI=1S/C16H23N5OS/c1-11(2)5-6-17-15(22)9-23-16-8-14(18-10-19-16)21-13(4)7-12(3)20-21/h7-8,10-11H,5-6,9H2,1-4H3,(H,17,22). The zero-order valence-electron chi connectivity index (χ0n) is 14.0. The molecule has 0 saturated heterocycles. The number of aryl methyl sites for hydroxylation is 2. The summed E-state index contributed by atoms with van der Waals surface area (Å²) in [7, 11) is 0. The van der Waals surface area contributed by atoms with E-state index in [1.165, 1.54) is 18.1 Å². The minimum atomic E-state index is 0.0296. The lowest BCUT2D eigenvalue weighted by Gasteiger charge is -2.07. The van der Waals surface area contributed by atoms with Crippen LogP contribution in [0.5, 0.6) is 0 Å². The lowest BCUT2D eigenvalue weighted by atomic mass is 10.1. The smallest absolute Gasteiger partial charge is 0.230 e. The fraction of sp³-hybridized carbons (Fsp3) is 0.500. The number of amides is 1. The van der Waals surface area contributed by atoms with Gasteiger partial charge >= 0.3 is 0 Å². The van der Waals surface area contributed by atoms with Gasteiger partial charge < -0.3 is 5.32 Å². The summed E-state index contributed by atoms with van der Waals surface area (Å²) in [6.07, 6.45) is 2.50. The number of carbonyl (C=O) groups excluding carboxylic acids is 1. The second-order valence-electron chi connectivity index (χ2n) is 5.87. The molecule has 1 amide bonds. The highest BCUT2D eigenvalue weighted by Gasteiger charge is 2.08. The molecule has 0 saturated carbocycles. The average molecular weight is 333 g/mol. The van der Waals surface area contributed by atoms with Gasteiger partial charge in [0, 0.05) is 18.3 Å². The Labute approximate surface area is 141 Å². The number of hydrogen-bond donors (Lipinski definition) is 1. The molecular weight excluding hydrogens is 310 g/mol. The Bertz CT molecular complexity index is 668. The second kappa shape index (κ2) is 8.10. The van der Waals surface area contributed by atoms with Crippen LogP contribution in [0.4, 0.5) is 0 Å². The van der Waals surface area contributed by atoms with E-state index in [0.29, 0.717) is 17.5 Å². The molecule has 0 aliphatic heterocycles. The maximum atomic E-state index is 11.8. The van der Waals surface area contributed by atoms with E-state index in [4.69, 9.17) is 0 Å². The molecule has 7 heteroatoms. The number of thioether (sulfide) groups is 1. The molecule has 0 unspecified atom stereocenters. The molecule has 124 valence electrons. The maximum absolute atomic E-state index is 11.8. The van der Waals surface area contributed by atoms with Crippen LogP contribution in [0.25, 0.3) is 5.82 Å². The van der Waals surface area contributed by atoms with Gasteiger partial charge in [0.15, 0.2) is 5.82 Å². The van der Waals surface area contributed by atoms with E-state index in [1.54, 1.807) is 4.68 Å². The lowest BCUT2D eigenvalue weighted by molar-refractivity contribution is -0.118. The molecule has 2 aromatic heterocycles. The Morgan fingerprint density at radius 1 is 1.30 bits per heavy atom. The molecule has 6 nitrogen and oxygen atoms in total. The van der Waals surface area contributed by atoms with Crippen molar-refractivity contribution < 1.29 is 4.79 Å².